The van der Waals surface area contributed by atoms with E-state index in [1.54, 1.807) is 0 Å². The lowest BCUT2D eigenvalue weighted by Gasteiger charge is -2.32. The van der Waals surface area contributed by atoms with Crippen LogP contribution in [0.2, 0.25) is 0 Å². The highest BCUT2D eigenvalue weighted by Crippen LogP contribution is 2.25. The molecule has 0 unspecified atom stereocenters. The van der Waals surface area contributed by atoms with Crippen LogP contribution in [0.25, 0.3) is 0 Å². The molecule has 0 saturated carbocycles. The maximum Gasteiger partial charge on any atom is 0.260 e. The lowest BCUT2D eigenvalue weighted by molar-refractivity contribution is -0.134. The van der Waals surface area contributed by atoms with Gasteiger partial charge in [0.2, 0.25) is 5.91 Å². The molecule has 0 aromatic heterocycles. The third-order valence-electron chi connectivity index (χ3n) is 4.75. The number of nitrogens with zero attached hydrogens (tertiary/aromatic N) is 1. The number of amides is 2. The van der Waals surface area contributed by atoms with Crippen molar-refractivity contribution in [3.63, 3.8) is 0 Å². The van der Waals surface area contributed by atoms with Crippen molar-refractivity contribution in [3.8, 4) is 5.75 Å². The normalized spacial score (nSPS) is 15.1. The van der Waals surface area contributed by atoms with E-state index >= 15 is 0 Å². The van der Waals surface area contributed by atoms with Crippen LogP contribution in [-0.2, 0) is 9.59 Å². The molecule has 1 aromatic rings. The van der Waals surface area contributed by atoms with Gasteiger partial charge in [-0.15, -0.1) is 11.6 Å². The number of carbonyl (C=O) groups excluding carboxylic acids is 2. The van der Waals surface area contributed by atoms with Gasteiger partial charge < -0.3 is 15.0 Å². The first-order valence-electron chi connectivity index (χ1n) is 8.75. The molecule has 1 heterocycles. The Kier molecular flexibility index (Phi) is 7.12. The molecule has 1 aromatic carbocycles. The second-order valence-corrected chi connectivity index (χ2v) is 6.98. The number of hydrogen-bond donors (Lipinski definition) is 1. The average molecular weight is 367 g/mol. The van der Waals surface area contributed by atoms with Crippen molar-refractivity contribution in [3.05, 3.63) is 28.8 Å². The first-order valence-corrected chi connectivity index (χ1v) is 9.28. The van der Waals surface area contributed by atoms with Gasteiger partial charge in [-0.3, -0.25) is 9.59 Å². The molecule has 1 aliphatic heterocycles. The molecule has 1 saturated heterocycles. The summed E-state index contributed by atoms with van der Waals surface area (Å²) in [7, 11) is 0. The lowest BCUT2D eigenvalue weighted by Crippen LogP contribution is -2.47. The Morgan fingerprint density at radius 3 is 2.48 bits per heavy atom. The van der Waals surface area contributed by atoms with Gasteiger partial charge in [0.05, 0.1) is 0 Å². The number of hydrogen-bond acceptors (Lipinski definition) is 3. The Morgan fingerprint density at radius 1 is 1.20 bits per heavy atom. The fourth-order valence-electron chi connectivity index (χ4n) is 3.03. The molecule has 0 bridgehead atoms. The average Bonchev–Trinajstić information content (AvgIpc) is 2.59. The summed E-state index contributed by atoms with van der Waals surface area (Å²) < 4.78 is 5.81. The largest absolute Gasteiger partial charge is 0.483 e. The van der Waals surface area contributed by atoms with Crippen molar-refractivity contribution in [2.45, 2.75) is 46.1 Å². The zero-order valence-corrected chi connectivity index (χ0v) is 16.0. The van der Waals surface area contributed by atoms with E-state index < -0.39 is 0 Å². The summed E-state index contributed by atoms with van der Waals surface area (Å²) in [6.07, 6.45) is 1.87. The standard InChI is InChI=1S/C19H27ClN2O3/c1-13-4-5-14(2)19(15(13)3)25-12-18(24)22-10-7-16(8-11-22)21-17(23)6-9-20/h4-5,16H,6-12H2,1-3H3,(H,21,23). The van der Waals surface area contributed by atoms with Gasteiger partial charge in [-0.25, -0.2) is 0 Å². The molecular formula is C19H27ClN2O3. The second kappa shape index (κ2) is 9.09. The van der Waals surface area contributed by atoms with Crippen LogP contribution in [0.4, 0.5) is 0 Å². The van der Waals surface area contributed by atoms with Gasteiger partial charge in [-0.2, -0.15) is 0 Å². The molecule has 2 rings (SSSR count). The maximum absolute atomic E-state index is 12.4. The second-order valence-electron chi connectivity index (χ2n) is 6.60. The first kappa shape index (κ1) is 19.6. The highest BCUT2D eigenvalue weighted by Gasteiger charge is 2.24. The van der Waals surface area contributed by atoms with Gasteiger partial charge in [0.15, 0.2) is 6.61 Å². The number of aryl methyl sites for hydroxylation is 2. The van der Waals surface area contributed by atoms with Gasteiger partial charge >= 0.3 is 0 Å². The Hall–Kier alpha value is -1.75. The van der Waals surface area contributed by atoms with Gasteiger partial charge in [-0.05, 0) is 50.3 Å². The summed E-state index contributed by atoms with van der Waals surface area (Å²) in [4.78, 5) is 25.8. The number of rotatable bonds is 6. The third kappa shape index (κ3) is 5.36. The van der Waals surface area contributed by atoms with Crippen molar-refractivity contribution in [2.24, 2.45) is 0 Å². The summed E-state index contributed by atoms with van der Waals surface area (Å²) in [5.74, 6) is 1.11. The number of ether oxygens (including phenoxy) is 1. The fraction of sp³-hybridized carbons (Fsp3) is 0.579. The van der Waals surface area contributed by atoms with Gasteiger partial charge in [0, 0.05) is 31.4 Å². The molecule has 5 nitrogen and oxygen atoms in total. The number of benzene rings is 1. The smallest absolute Gasteiger partial charge is 0.260 e. The molecule has 0 spiro atoms. The number of nitrogens with one attached hydrogen (secondary N) is 1. The number of alkyl halides is 1. The zero-order chi connectivity index (χ0) is 18.4. The number of carbonyl (C=O) groups is 2. The molecule has 2 amide bonds. The maximum atomic E-state index is 12.4. The Balaban J connectivity index is 1.82. The topological polar surface area (TPSA) is 58.6 Å². The molecule has 0 aliphatic carbocycles. The summed E-state index contributed by atoms with van der Waals surface area (Å²) in [6, 6.07) is 4.20. The van der Waals surface area contributed by atoms with E-state index in [4.69, 9.17) is 16.3 Å². The van der Waals surface area contributed by atoms with Crippen molar-refractivity contribution in [1.29, 1.82) is 0 Å². The molecular weight excluding hydrogens is 340 g/mol. The fourth-order valence-corrected chi connectivity index (χ4v) is 3.20. The predicted molar refractivity (Wildman–Crippen MR) is 99.2 cm³/mol. The SMILES string of the molecule is Cc1ccc(C)c(OCC(=O)N2CCC(NC(=O)CCCl)CC2)c1C. The Bertz CT molecular complexity index is 625. The minimum Gasteiger partial charge on any atom is -0.483 e. The van der Waals surface area contributed by atoms with Crippen LogP contribution in [0.15, 0.2) is 12.1 Å². The van der Waals surface area contributed by atoms with Crippen LogP contribution < -0.4 is 10.1 Å². The molecule has 1 fully saturated rings. The van der Waals surface area contributed by atoms with Crippen molar-refractivity contribution >= 4 is 23.4 Å². The first-order chi connectivity index (χ1) is 11.9. The van der Waals surface area contributed by atoms with Crippen molar-refractivity contribution in [2.75, 3.05) is 25.6 Å². The molecule has 0 atom stereocenters. The van der Waals surface area contributed by atoms with E-state index in [-0.39, 0.29) is 24.5 Å². The third-order valence-corrected chi connectivity index (χ3v) is 4.94. The Labute approximate surface area is 154 Å². The van der Waals surface area contributed by atoms with E-state index in [1.807, 2.05) is 31.7 Å². The zero-order valence-electron chi connectivity index (χ0n) is 15.2. The van der Waals surface area contributed by atoms with E-state index in [0.29, 0.717) is 25.4 Å². The minimum absolute atomic E-state index is 0.00848. The number of piperidine rings is 1. The van der Waals surface area contributed by atoms with Crippen LogP contribution in [0.5, 0.6) is 5.75 Å². The predicted octanol–water partition coefficient (Wildman–Crippen LogP) is 2.73. The molecule has 0 radical (unpaired) electrons. The molecule has 1 aliphatic rings. The molecule has 6 heteroatoms. The number of likely N-dealkylation sites (tertiary alicyclic amines) is 1. The van der Waals surface area contributed by atoms with Gasteiger partial charge in [0.25, 0.3) is 5.91 Å². The van der Waals surface area contributed by atoms with Crippen LogP contribution in [0, 0.1) is 20.8 Å². The summed E-state index contributed by atoms with van der Waals surface area (Å²) in [5, 5.41) is 2.97. The summed E-state index contributed by atoms with van der Waals surface area (Å²) in [5.41, 5.74) is 3.27. The van der Waals surface area contributed by atoms with E-state index in [0.717, 1.165) is 35.3 Å². The summed E-state index contributed by atoms with van der Waals surface area (Å²) >= 11 is 5.57. The van der Waals surface area contributed by atoms with Crippen LogP contribution in [-0.4, -0.2) is 48.3 Å². The highest BCUT2D eigenvalue weighted by atomic mass is 35.5. The lowest BCUT2D eigenvalue weighted by atomic mass is 10.0. The minimum atomic E-state index is -0.0199. The molecule has 1 N–H and O–H groups in total. The van der Waals surface area contributed by atoms with Crippen LogP contribution in [0.3, 0.4) is 0 Å². The monoisotopic (exact) mass is 366 g/mol. The van der Waals surface area contributed by atoms with E-state index in [2.05, 4.69) is 11.4 Å². The van der Waals surface area contributed by atoms with E-state index in [9.17, 15) is 9.59 Å². The van der Waals surface area contributed by atoms with Crippen molar-refractivity contribution < 1.29 is 14.3 Å². The quantitative estimate of drug-likeness (QED) is 0.787. The molecule has 25 heavy (non-hydrogen) atoms. The van der Waals surface area contributed by atoms with E-state index in [1.165, 1.54) is 0 Å². The molecule has 138 valence electrons. The van der Waals surface area contributed by atoms with Crippen LogP contribution in [0.1, 0.15) is 36.0 Å². The number of halogens is 1. The Morgan fingerprint density at radius 2 is 1.84 bits per heavy atom. The van der Waals surface area contributed by atoms with Crippen molar-refractivity contribution in [1.82, 2.24) is 10.2 Å². The van der Waals surface area contributed by atoms with Gasteiger partial charge in [0.1, 0.15) is 5.75 Å². The van der Waals surface area contributed by atoms with Gasteiger partial charge in [-0.1, -0.05) is 12.1 Å². The summed E-state index contributed by atoms with van der Waals surface area (Å²) in [6.45, 7) is 7.36. The highest BCUT2D eigenvalue weighted by molar-refractivity contribution is 6.18. The van der Waals surface area contributed by atoms with Crippen LogP contribution >= 0.6 is 11.6 Å².